The predicted molar refractivity (Wildman–Crippen MR) is 95.9 cm³/mol. The highest BCUT2D eigenvalue weighted by molar-refractivity contribution is 5.79. The summed E-state index contributed by atoms with van der Waals surface area (Å²) >= 11 is 0. The summed E-state index contributed by atoms with van der Waals surface area (Å²) in [6, 6.07) is 8.48. The first-order chi connectivity index (χ1) is 11.3. The van der Waals surface area contributed by atoms with Gasteiger partial charge in [-0.25, -0.2) is 4.99 Å². The van der Waals surface area contributed by atoms with Crippen molar-refractivity contribution in [2.45, 2.75) is 33.2 Å². The Kier molecular flexibility index (Phi) is 10.9. The maximum Gasteiger partial charge on any atom is 0.191 e. The highest BCUT2D eigenvalue weighted by Crippen LogP contribution is 2.04. The van der Waals surface area contributed by atoms with Crippen molar-refractivity contribution in [3.05, 3.63) is 35.4 Å². The van der Waals surface area contributed by atoms with Gasteiger partial charge in [-0.05, 0) is 18.9 Å². The van der Waals surface area contributed by atoms with Crippen LogP contribution in [0.5, 0.6) is 0 Å². The minimum Gasteiger partial charge on any atom is -0.382 e. The zero-order valence-electron chi connectivity index (χ0n) is 14.7. The van der Waals surface area contributed by atoms with Crippen LogP contribution in [0.2, 0.25) is 0 Å². The number of benzene rings is 1. The van der Waals surface area contributed by atoms with Crippen LogP contribution in [0.15, 0.2) is 29.3 Å². The lowest BCUT2D eigenvalue weighted by atomic mass is 10.1. The number of aliphatic imine (C=N–C) groups is 1. The van der Waals surface area contributed by atoms with Gasteiger partial charge in [0.2, 0.25) is 0 Å². The van der Waals surface area contributed by atoms with E-state index in [-0.39, 0.29) is 0 Å². The minimum atomic E-state index is 0.622. The number of methoxy groups -OCH3 is 1. The van der Waals surface area contributed by atoms with Gasteiger partial charge >= 0.3 is 0 Å². The molecule has 2 N–H and O–H groups in total. The van der Waals surface area contributed by atoms with Gasteiger partial charge in [-0.3, -0.25) is 0 Å². The van der Waals surface area contributed by atoms with Crippen molar-refractivity contribution in [1.82, 2.24) is 10.6 Å². The van der Waals surface area contributed by atoms with E-state index in [9.17, 15) is 0 Å². The smallest absolute Gasteiger partial charge is 0.191 e. The number of aryl methyl sites for hydroxylation is 1. The topological polar surface area (TPSA) is 54.9 Å². The molecule has 5 heteroatoms. The third kappa shape index (κ3) is 9.92. The first-order valence-corrected chi connectivity index (χ1v) is 8.40. The monoisotopic (exact) mass is 321 g/mol. The minimum absolute atomic E-state index is 0.622. The second-order valence-electron chi connectivity index (χ2n) is 5.46. The van der Waals surface area contributed by atoms with E-state index in [0.29, 0.717) is 26.4 Å². The van der Waals surface area contributed by atoms with Crippen LogP contribution in [0.25, 0.3) is 0 Å². The number of rotatable bonds is 11. The van der Waals surface area contributed by atoms with E-state index in [2.05, 4.69) is 53.7 Å². The Morgan fingerprint density at radius 1 is 1.04 bits per heavy atom. The summed E-state index contributed by atoms with van der Waals surface area (Å²) in [5.74, 6) is 0.842. The van der Waals surface area contributed by atoms with E-state index in [0.717, 1.165) is 25.5 Å². The van der Waals surface area contributed by atoms with Crippen molar-refractivity contribution >= 4 is 5.96 Å². The molecule has 0 aromatic heterocycles. The molecule has 0 aliphatic rings. The molecule has 0 saturated heterocycles. The van der Waals surface area contributed by atoms with Crippen LogP contribution in [0.3, 0.4) is 0 Å². The molecular formula is C18H31N3O2. The molecule has 1 aromatic rings. The average molecular weight is 321 g/mol. The van der Waals surface area contributed by atoms with Crippen molar-refractivity contribution in [2.75, 3.05) is 40.0 Å². The van der Waals surface area contributed by atoms with Crippen LogP contribution in [-0.4, -0.2) is 46.0 Å². The lowest BCUT2D eigenvalue weighted by Gasteiger charge is -2.12. The third-order valence-electron chi connectivity index (χ3n) is 3.33. The maximum atomic E-state index is 5.46. The lowest BCUT2D eigenvalue weighted by molar-refractivity contribution is 0.0733. The van der Waals surface area contributed by atoms with Gasteiger partial charge in [-0.2, -0.15) is 0 Å². The van der Waals surface area contributed by atoms with E-state index in [4.69, 9.17) is 9.47 Å². The van der Waals surface area contributed by atoms with Crippen LogP contribution < -0.4 is 10.6 Å². The molecule has 0 aliphatic carbocycles. The summed E-state index contributed by atoms with van der Waals surface area (Å²) in [5, 5.41) is 6.67. The molecule has 23 heavy (non-hydrogen) atoms. The number of nitrogens with zero attached hydrogens (tertiary/aromatic N) is 1. The Morgan fingerprint density at radius 2 is 1.78 bits per heavy atom. The molecule has 5 nitrogen and oxygen atoms in total. The Morgan fingerprint density at radius 3 is 2.48 bits per heavy atom. The predicted octanol–water partition coefficient (Wildman–Crippen LogP) is 2.49. The number of ether oxygens (including phenoxy) is 2. The molecule has 0 amide bonds. The van der Waals surface area contributed by atoms with Crippen LogP contribution in [0.1, 0.15) is 30.9 Å². The average Bonchev–Trinajstić information content (AvgIpc) is 2.56. The highest BCUT2D eigenvalue weighted by Gasteiger charge is 1.99. The number of hydrogen-bond acceptors (Lipinski definition) is 3. The fourth-order valence-corrected chi connectivity index (χ4v) is 1.91. The summed E-state index contributed by atoms with van der Waals surface area (Å²) in [6.07, 6.45) is 2.30. The summed E-state index contributed by atoms with van der Waals surface area (Å²) < 4.78 is 10.4. The fraction of sp³-hybridized carbons (Fsp3) is 0.611. The molecule has 1 rings (SSSR count). The van der Waals surface area contributed by atoms with E-state index >= 15 is 0 Å². The summed E-state index contributed by atoms with van der Waals surface area (Å²) in [6.45, 7) is 8.50. The first-order valence-electron chi connectivity index (χ1n) is 8.40. The van der Waals surface area contributed by atoms with Gasteiger partial charge in [0, 0.05) is 20.2 Å². The SMILES string of the molecule is CCCCNC(=NCc1ccc(C)cc1)NCCOCCOC. The molecule has 0 radical (unpaired) electrons. The second kappa shape index (κ2) is 12.9. The molecule has 130 valence electrons. The number of nitrogens with one attached hydrogen (secondary N) is 2. The van der Waals surface area contributed by atoms with Gasteiger partial charge in [0.05, 0.1) is 26.4 Å². The van der Waals surface area contributed by atoms with Crippen molar-refractivity contribution in [3.8, 4) is 0 Å². The molecule has 0 aliphatic heterocycles. The van der Waals surface area contributed by atoms with Crippen LogP contribution in [0, 0.1) is 6.92 Å². The fourth-order valence-electron chi connectivity index (χ4n) is 1.91. The normalized spacial score (nSPS) is 11.5. The van der Waals surface area contributed by atoms with Gasteiger partial charge in [0.15, 0.2) is 5.96 Å². The van der Waals surface area contributed by atoms with Gasteiger partial charge in [0.25, 0.3) is 0 Å². The molecule has 0 atom stereocenters. The van der Waals surface area contributed by atoms with Crippen molar-refractivity contribution in [2.24, 2.45) is 4.99 Å². The Balaban J connectivity index is 2.40. The van der Waals surface area contributed by atoms with Gasteiger partial charge in [0.1, 0.15) is 0 Å². The molecule has 0 fully saturated rings. The zero-order chi connectivity index (χ0) is 16.8. The lowest BCUT2D eigenvalue weighted by Crippen LogP contribution is -2.39. The standard InChI is InChI=1S/C18H31N3O2/c1-4-5-10-19-18(20-11-12-23-14-13-22-3)21-15-17-8-6-16(2)7-9-17/h6-9H,4-5,10-15H2,1-3H3,(H2,19,20,21). The van der Waals surface area contributed by atoms with Crippen molar-refractivity contribution < 1.29 is 9.47 Å². The van der Waals surface area contributed by atoms with Gasteiger partial charge in [-0.15, -0.1) is 0 Å². The molecule has 0 saturated carbocycles. The summed E-state index contributed by atoms with van der Waals surface area (Å²) in [7, 11) is 1.68. The molecule has 0 spiro atoms. The van der Waals surface area contributed by atoms with Gasteiger partial charge < -0.3 is 20.1 Å². The van der Waals surface area contributed by atoms with Crippen molar-refractivity contribution in [1.29, 1.82) is 0 Å². The Labute approximate surface area is 140 Å². The van der Waals surface area contributed by atoms with E-state index in [1.54, 1.807) is 7.11 Å². The molecule has 0 heterocycles. The molecular weight excluding hydrogens is 290 g/mol. The van der Waals surface area contributed by atoms with Crippen molar-refractivity contribution in [3.63, 3.8) is 0 Å². The van der Waals surface area contributed by atoms with E-state index in [1.807, 2.05) is 0 Å². The molecule has 0 bridgehead atoms. The zero-order valence-corrected chi connectivity index (χ0v) is 14.7. The summed E-state index contributed by atoms with van der Waals surface area (Å²) in [5.41, 5.74) is 2.48. The van der Waals surface area contributed by atoms with Gasteiger partial charge in [-0.1, -0.05) is 43.2 Å². The maximum absolute atomic E-state index is 5.46. The highest BCUT2D eigenvalue weighted by atomic mass is 16.5. The number of unbranched alkanes of at least 4 members (excludes halogenated alkanes) is 1. The van der Waals surface area contributed by atoms with Crippen LogP contribution >= 0.6 is 0 Å². The number of guanidine groups is 1. The van der Waals surface area contributed by atoms with E-state index < -0.39 is 0 Å². The molecule has 1 aromatic carbocycles. The molecule has 0 unspecified atom stereocenters. The quantitative estimate of drug-likeness (QED) is 0.373. The Hall–Kier alpha value is -1.59. The summed E-state index contributed by atoms with van der Waals surface area (Å²) in [4.78, 5) is 4.64. The number of hydrogen-bond donors (Lipinski definition) is 2. The second-order valence-corrected chi connectivity index (χ2v) is 5.46. The van der Waals surface area contributed by atoms with E-state index in [1.165, 1.54) is 17.5 Å². The van der Waals surface area contributed by atoms with Crippen LogP contribution in [-0.2, 0) is 16.0 Å². The Bertz CT molecular complexity index is 432. The first kappa shape index (κ1) is 19.5. The largest absolute Gasteiger partial charge is 0.382 e. The third-order valence-corrected chi connectivity index (χ3v) is 3.33. The van der Waals surface area contributed by atoms with Crippen LogP contribution in [0.4, 0.5) is 0 Å².